The lowest BCUT2D eigenvalue weighted by molar-refractivity contribution is -0.117. The zero-order valence-corrected chi connectivity index (χ0v) is 13.2. The summed E-state index contributed by atoms with van der Waals surface area (Å²) in [7, 11) is 0. The van der Waals surface area contributed by atoms with Crippen molar-refractivity contribution in [1.82, 2.24) is 0 Å². The molecule has 23 heavy (non-hydrogen) atoms. The number of rotatable bonds is 4. The van der Waals surface area contributed by atoms with Crippen LogP contribution in [0.5, 0.6) is 0 Å². The summed E-state index contributed by atoms with van der Waals surface area (Å²) >= 11 is 1.17. The van der Waals surface area contributed by atoms with Crippen LogP contribution in [0.15, 0.2) is 30.3 Å². The molecule has 0 radical (unpaired) electrons. The molecule has 2 amide bonds. The zero-order chi connectivity index (χ0) is 16.6. The molecule has 6 heteroatoms. The summed E-state index contributed by atoms with van der Waals surface area (Å²) in [6, 6.07) is 9.57. The second-order valence-corrected chi connectivity index (χ2v) is 6.69. The van der Waals surface area contributed by atoms with Crippen LogP contribution >= 0.6 is 11.3 Å². The summed E-state index contributed by atoms with van der Waals surface area (Å²) in [6.07, 6.45) is 1.15. The van der Waals surface area contributed by atoms with Crippen LogP contribution in [-0.4, -0.2) is 17.6 Å². The number of Topliss-reactive ketones (excluding diaryl/α,β-unsaturated/α-hetero) is 1. The van der Waals surface area contributed by atoms with E-state index in [0.29, 0.717) is 33.7 Å². The second kappa shape index (κ2) is 5.96. The fraction of sp³-hybridized carbons (Fsp3) is 0.235. The van der Waals surface area contributed by atoms with E-state index in [4.69, 9.17) is 11.5 Å². The maximum Gasteiger partial charge on any atom is 0.250 e. The van der Waals surface area contributed by atoms with Crippen molar-refractivity contribution in [3.63, 3.8) is 0 Å². The number of carbonyl (C=O) groups excluding carboxylic acids is 3. The average Bonchev–Trinajstić information content (AvgIpc) is 2.87. The van der Waals surface area contributed by atoms with Crippen LogP contribution in [0.1, 0.15) is 48.4 Å². The first-order valence-electron chi connectivity index (χ1n) is 7.30. The van der Waals surface area contributed by atoms with Gasteiger partial charge in [-0.3, -0.25) is 14.4 Å². The topological polar surface area (TPSA) is 103 Å². The van der Waals surface area contributed by atoms with E-state index >= 15 is 0 Å². The van der Waals surface area contributed by atoms with E-state index in [1.54, 1.807) is 0 Å². The summed E-state index contributed by atoms with van der Waals surface area (Å²) in [6.45, 7) is 0. The fourth-order valence-corrected chi connectivity index (χ4v) is 4.46. The molecule has 2 aromatic rings. The molecule has 0 saturated heterocycles. The Morgan fingerprint density at radius 1 is 1.17 bits per heavy atom. The van der Waals surface area contributed by atoms with E-state index in [1.165, 1.54) is 11.3 Å². The molecule has 1 aliphatic rings. The molecule has 0 fully saturated rings. The Morgan fingerprint density at radius 3 is 2.48 bits per heavy atom. The number of hydrogen-bond acceptors (Lipinski definition) is 4. The third-order valence-electron chi connectivity index (χ3n) is 4.09. The van der Waals surface area contributed by atoms with Crippen molar-refractivity contribution >= 4 is 28.9 Å². The van der Waals surface area contributed by atoms with Crippen molar-refractivity contribution in [2.24, 2.45) is 11.5 Å². The van der Waals surface area contributed by atoms with Crippen molar-refractivity contribution in [3.05, 3.63) is 56.8 Å². The van der Waals surface area contributed by atoms with Crippen molar-refractivity contribution in [2.45, 2.75) is 25.2 Å². The molecule has 0 saturated carbocycles. The molecule has 1 heterocycles. The van der Waals surface area contributed by atoms with Crippen LogP contribution in [0.2, 0.25) is 0 Å². The van der Waals surface area contributed by atoms with Gasteiger partial charge < -0.3 is 11.5 Å². The van der Waals surface area contributed by atoms with Crippen molar-refractivity contribution in [2.75, 3.05) is 0 Å². The molecule has 0 spiro atoms. The van der Waals surface area contributed by atoms with Gasteiger partial charge in [0, 0.05) is 10.8 Å². The molecule has 118 valence electrons. The Labute approximate surface area is 137 Å². The quantitative estimate of drug-likeness (QED) is 0.894. The molecule has 1 atom stereocenters. The van der Waals surface area contributed by atoms with Gasteiger partial charge in [0.05, 0.1) is 16.9 Å². The zero-order valence-electron chi connectivity index (χ0n) is 12.4. The molecular weight excluding hydrogens is 312 g/mol. The summed E-state index contributed by atoms with van der Waals surface area (Å²) in [5.74, 6) is -1.38. The van der Waals surface area contributed by atoms with Crippen molar-refractivity contribution in [3.8, 4) is 0 Å². The van der Waals surface area contributed by atoms with Crippen LogP contribution in [0.4, 0.5) is 0 Å². The molecule has 1 aliphatic carbocycles. The van der Waals surface area contributed by atoms with Crippen LogP contribution in [-0.2, 0) is 17.6 Å². The molecule has 3 rings (SSSR count). The number of primary amides is 2. The van der Waals surface area contributed by atoms with Gasteiger partial charge in [0.25, 0.3) is 0 Å². The van der Waals surface area contributed by atoms with Gasteiger partial charge in [-0.15, -0.1) is 11.3 Å². The summed E-state index contributed by atoms with van der Waals surface area (Å²) in [4.78, 5) is 36.8. The molecule has 1 unspecified atom stereocenters. The lowest BCUT2D eigenvalue weighted by Crippen LogP contribution is -2.22. The smallest absolute Gasteiger partial charge is 0.250 e. The van der Waals surface area contributed by atoms with Gasteiger partial charge in [0.2, 0.25) is 11.8 Å². The molecule has 1 aromatic carbocycles. The normalized spacial score (nSPS) is 16.9. The largest absolute Gasteiger partial charge is 0.369 e. The van der Waals surface area contributed by atoms with Gasteiger partial charge in [-0.05, 0) is 24.0 Å². The predicted octanol–water partition coefficient (Wildman–Crippen LogP) is 1.79. The maximum atomic E-state index is 12.8. The number of nitrogens with two attached hydrogens (primary N) is 2. The first-order chi connectivity index (χ1) is 11.0. The molecule has 1 aromatic heterocycles. The number of hydrogen-bond donors (Lipinski definition) is 2. The third-order valence-corrected chi connectivity index (χ3v) is 5.33. The highest BCUT2D eigenvalue weighted by Crippen LogP contribution is 2.40. The number of amides is 2. The Kier molecular flexibility index (Phi) is 4.00. The third kappa shape index (κ3) is 2.77. The molecule has 0 bridgehead atoms. The van der Waals surface area contributed by atoms with E-state index in [9.17, 15) is 14.4 Å². The molecular formula is C17H16N2O3S. The highest BCUT2D eigenvalue weighted by molar-refractivity contribution is 7.14. The van der Waals surface area contributed by atoms with Gasteiger partial charge >= 0.3 is 0 Å². The second-order valence-electron chi connectivity index (χ2n) is 5.58. The van der Waals surface area contributed by atoms with Crippen LogP contribution in [0.3, 0.4) is 0 Å². The number of carbonyl (C=O) groups is 3. The highest BCUT2D eigenvalue weighted by atomic mass is 32.1. The first kappa shape index (κ1) is 15.4. The minimum atomic E-state index is -0.607. The highest BCUT2D eigenvalue weighted by Gasteiger charge is 2.34. The Hall–Kier alpha value is -2.47. The SMILES string of the molecule is NC(=O)Cc1sc2c(c1C(N)=O)CCC(c1ccccc1)C2=O. The Balaban J connectivity index is 2.05. The van der Waals surface area contributed by atoms with Gasteiger partial charge in [-0.1, -0.05) is 30.3 Å². The Morgan fingerprint density at radius 2 is 1.87 bits per heavy atom. The van der Waals surface area contributed by atoms with Crippen LogP contribution in [0.25, 0.3) is 0 Å². The van der Waals surface area contributed by atoms with Crippen LogP contribution in [0, 0.1) is 0 Å². The van der Waals surface area contributed by atoms with E-state index in [0.717, 1.165) is 5.56 Å². The summed E-state index contributed by atoms with van der Waals surface area (Å²) in [5.41, 5.74) is 12.6. The molecule has 0 aliphatic heterocycles. The van der Waals surface area contributed by atoms with Gasteiger partial charge in [0.15, 0.2) is 5.78 Å². The van der Waals surface area contributed by atoms with Gasteiger partial charge in [-0.2, -0.15) is 0 Å². The predicted molar refractivity (Wildman–Crippen MR) is 87.6 cm³/mol. The lowest BCUT2D eigenvalue weighted by atomic mass is 9.81. The number of benzene rings is 1. The first-order valence-corrected chi connectivity index (χ1v) is 8.12. The van der Waals surface area contributed by atoms with Gasteiger partial charge in [0.1, 0.15) is 0 Å². The average molecular weight is 328 g/mol. The number of ketones is 1. The van der Waals surface area contributed by atoms with E-state index in [1.807, 2.05) is 30.3 Å². The maximum absolute atomic E-state index is 12.8. The van der Waals surface area contributed by atoms with Crippen LogP contribution < -0.4 is 11.5 Å². The lowest BCUT2D eigenvalue weighted by Gasteiger charge is -2.21. The van der Waals surface area contributed by atoms with Crippen molar-refractivity contribution < 1.29 is 14.4 Å². The fourth-order valence-electron chi connectivity index (χ4n) is 3.11. The molecule has 5 nitrogen and oxygen atoms in total. The van der Waals surface area contributed by atoms with E-state index in [2.05, 4.69) is 0 Å². The standard InChI is InChI=1S/C17H16N2O3S/c18-13(20)8-12-14(17(19)22)11-7-6-10(15(21)16(11)23-12)9-4-2-1-3-5-9/h1-5,10H,6-8H2,(H2,18,20)(H2,19,22). The summed E-state index contributed by atoms with van der Waals surface area (Å²) in [5, 5.41) is 0. The number of fused-ring (bicyclic) bond motifs is 1. The molecule has 4 N–H and O–H groups in total. The minimum Gasteiger partial charge on any atom is -0.369 e. The summed E-state index contributed by atoms with van der Waals surface area (Å²) < 4.78 is 0. The monoisotopic (exact) mass is 328 g/mol. The van der Waals surface area contributed by atoms with Gasteiger partial charge in [-0.25, -0.2) is 0 Å². The van der Waals surface area contributed by atoms with Crippen molar-refractivity contribution in [1.29, 1.82) is 0 Å². The Bertz CT molecular complexity index is 796. The number of thiophene rings is 1. The van der Waals surface area contributed by atoms with E-state index < -0.39 is 11.8 Å². The minimum absolute atomic E-state index is 0.0133. The van der Waals surface area contributed by atoms with E-state index in [-0.39, 0.29) is 18.1 Å².